The van der Waals surface area contributed by atoms with Crippen molar-refractivity contribution < 1.29 is 17.8 Å². The predicted molar refractivity (Wildman–Crippen MR) is 232 cm³/mol. The lowest BCUT2D eigenvalue weighted by Crippen LogP contribution is -2.34. The summed E-state index contributed by atoms with van der Waals surface area (Å²) in [7, 11) is -4.24. The molecule has 0 amide bonds. The molecule has 6 rings (SSSR count). The molecule has 4 aromatic carbocycles. The Bertz CT molecular complexity index is 2280. The van der Waals surface area contributed by atoms with Crippen LogP contribution in [0.5, 0.6) is 0 Å². The number of rotatable bonds is 14. The van der Waals surface area contributed by atoms with Gasteiger partial charge in [0.25, 0.3) is 0 Å². The summed E-state index contributed by atoms with van der Waals surface area (Å²) >= 11 is -0.446. The first-order chi connectivity index (χ1) is 25.3. The molecule has 0 bridgehead atoms. The maximum atomic E-state index is 11.6. The number of hydrogen-bond acceptors (Lipinski definition) is 6. The third-order valence-corrected chi connectivity index (χ3v) is 15.0. The fourth-order valence-corrected chi connectivity index (χ4v) is 11.4. The van der Waals surface area contributed by atoms with E-state index in [1.54, 1.807) is 6.92 Å². The molecule has 6 nitrogen and oxygen atoms in total. The Morgan fingerprint density at radius 1 is 0.717 bits per heavy atom. The number of hydrogen-bond donors (Lipinski definition) is 0. The van der Waals surface area contributed by atoms with Crippen LogP contribution in [0.15, 0.2) is 121 Å². The fraction of sp³-hybridized carbons (Fsp3) is 0.333. The van der Waals surface area contributed by atoms with Crippen molar-refractivity contribution in [1.82, 2.24) is 0 Å². The predicted octanol–water partition coefficient (Wildman–Crippen LogP) is 10.6. The van der Waals surface area contributed by atoms with E-state index in [1.807, 2.05) is 6.07 Å². The molecule has 0 radical (unpaired) electrons. The van der Waals surface area contributed by atoms with Crippen LogP contribution in [0.4, 0.5) is 11.4 Å². The summed E-state index contributed by atoms with van der Waals surface area (Å²) in [6.45, 7) is 12.4. The van der Waals surface area contributed by atoms with Gasteiger partial charge in [0, 0.05) is 77.1 Å². The van der Waals surface area contributed by atoms with Crippen LogP contribution in [0.25, 0.3) is 21.5 Å². The normalized spacial score (nSPS) is 17.6. The van der Waals surface area contributed by atoms with Gasteiger partial charge < -0.3 is 17.4 Å². The van der Waals surface area contributed by atoms with Crippen molar-refractivity contribution in [3.63, 3.8) is 0 Å². The molecule has 0 aliphatic carbocycles. The smallest absolute Gasteiger partial charge is 0.129 e. The van der Waals surface area contributed by atoms with Crippen molar-refractivity contribution in [2.75, 3.05) is 26.9 Å². The fourth-order valence-electron chi connectivity index (χ4n) is 7.63. The second kappa shape index (κ2) is 16.2. The van der Waals surface area contributed by atoms with Crippen LogP contribution >= 0.6 is 21.0 Å². The van der Waals surface area contributed by atoms with E-state index in [4.69, 9.17) is 0 Å². The van der Waals surface area contributed by atoms with Crippen molar-refractivity contribution in [3.8, 4) is 0 Å². The standard InChI is InChI=1S/C45H51IN2O4S/c1-33(49)19-15-16-31-48-43-37-23-14-12-21-35(37)27-29-39(43)44(2,3)40(46-48)24-9-7-6-8-10-25-41-45(4,5)38-28-26-34-20-11-13-22-36(34)42(38)47(41)30-17-18-32-53(50,51)52/h6-14,20-29H,15-19,30-32H2,1-5H3,(H,50,51,52)/p-1/b7-6+,10-8+,24-9+,41-25+. The Balaban J connectivity index is 1.23. The van der Waals surface area contributed by atoms with Crippen molar-refractivity contribution in [2.45, 2.75) is 77.6 Å². The summed E-state index contributed by atoms with van der Waals surface area (Å²) in [6.07, 6.45) is 18.4. The van der Waals surface area contributed by atoms with E-state index in [-0.39, 0.29) is 22.4 Å². The highest BCUT2D eigenvalue weighted by Gasteiger charge is 2.40. The van der Waals surface area contributed by atoms with Gasteiger partial charge in [-0.25, -0.2) is 8.42 Å². The van der Waals surface area contributed by atoms with Gasteiger partial charge in [-0.2, -0.15) is 0 Å². The highest BCUT2D eigenvalue weighted by atomic mass is 127. The van der Waals surface area contributed by atoms with Crippen molar-refractivity contribution in [1.29, 1.82) is 0 Å². The van der Waals surface area contributed by atoms with E-state index < -0.39 is 31.1 Å². The first-order valence-electron chi connectivity index (χ1n) is 18.6. The molecule has 0 fully saturated rings. The summed E-state index contributed by atoms with van der Waals surface area (Å²) in [5, 5.41) is 4.90. The van der Waals surface area contributed by atoms with Gasteiger partial charge in [0.05, 0.1) is 21.5 Å². The molecule has 0 saturated carbocycles. The molecule has 8 heteroatoms. The van der Waals surface area contributed by atoms with E-state index in [0.717, 1.165) is 36.2 Å². The molecule has 0 N–H and O–H groups in total. The van der Waals surface area contributed by atoms with Crippen molar-refractivity contribution >= 4 is 73.3 Å². The number of allylic oxidation sites excluding steroid dienone is 8. The number of fused-ring (bicyclic) bond motifs is 6. The van der Waals surface area contributed by atoms with E-state index in [1.165, 1.54) is 36.5 Å². The van der Waals surface area contributed by atoms with Crippen molar-refractivity contribution in [3.05, 3.63) is 132 Å². The van der Waals surface area contributed by atoms with Crippen LogP contribution in [-0.2, 0) is 25.7 Å². The molecule has 278 valence electrons. The van der Waals surface area contributed by atoms with Gasteiger partial charge >= 0.3 is 0 Å². The van der Waals surface area contributed by atoms with Gasteiger partial charge in [0.2, 0.25) is 0 Å². The van der Waals surface area contributed by atoms with Crippen LogP contribution in [0.1, 0.15) is 77.8 Å². The second-order valence-electron chi connectivity index (χ2n) is 15.1. The van der Waals surface area contributed by atoms with E-state index in [2.05, 4.69) is 145 Å². The molecule has 2 heterocycles. The van der Waals surface area contributed by atoms with Crippen LogP contribution in [0.3, 0.4) is 0 Å². The zero-order valence-corrected chi connectivity index (χ0v) is 34.4. The summed E-state index contributed by atoms with van der Waals surface area (Å²) in [5.41, 5.74) is 5.91. The largest absolute Gasteiger partial charge is 0.748 e. The van der Waals surface area contributed by atoms with Gasteiger partial charge in [-0.15, -0.1) is 0 Å². The molecule has 0 atom stereocenters. The third kappa shape index (κ3) is 8.60. The number of unbranched alkanes of at least 4 members (excludes halogenated alkanes) is 2. The van der Waals surface area contributed by atoms with Crippen LogP contribution in [-0.4, -0.2) is 41.1 Å². The van der Waals surface area contributed by atoms with Crippen LogP contribution in [0.2, 0.25) is 0 Å². The van der Waals surface area contributed by atoms with E-state index >= 15 is 0 Å². The molecule has 2 aliphatic heterocycles. The quantitative estimate of drug-likeness (QED) is 0.0414. The lowest BCUT2D eigenvalue weighted by Gasteiger charge is -2.38. The monoisotopic (exact) mass is 841 g/mol. The zero-order chi connectivity index (χ0) is 37.8. The molecule has 0 spiro atoms. The molecule has 0 saturated heterocycles. The van der Waals surface area contributed by atoms with E-state index in [9.17, 15) is 17.8 Å². The Morgan fingerprint density at radius 2 is 1.30 bits per heavy atom. The number of ketones is 1. The Kier molecular flexibility index (Phi) is 11.9. The van der Waals surface area contributed by atoms with Gasteiger partial charge in [-0.05, 0) is 60.6 Å². The summed E-state index contributed by atoms with van der Waals surface area (Å²) < 4.78 is 38.0. The molecule has 2 aliphatic rings. The first-order valence-corrected chi connectivity index (χ1v) is 22.2. The molecule has 0 aromatic heterocycles. The Morgan fingerprint density at radius 3 is 1.96 bits per heavy atom. The third-order valence-electron chi connectivity index (χ3n) is 10.5. The zero-order valence-electron chi connectivity index (χ0n) is 31.4. The number of benzene rings is 4. The average molecular weight is 842 g/mol. The minimum Gasteiger partial charge on any atom is -0.748 e. The average Bonchev–Trinajstić information content (AvgIpc) is 3.33. The minimum atomic E-state index is -4.24. The lowest BCUT2D eigenvalue weighted by atomic mass is 9.79. The second-order valence-corrected chi connectivity index (χ2v) is 19.4. The molecular weight excluding hydrogens is 791 g/mol. The van der Waals surface area contributed by atoms with Crippen LogP contribution < -0.4 is 8.01 Å². The molecule has 53 heavy (non-hydrogen) atoms. The highest BCUT2D eigenvalue weighted by Crippen LogP contribution is 2.51. The summed E-state index contributed by atoms with van der Waals surface area (Å²) in [6, 6.07) is 26.0. The number of anilines is 2. The Labute approximate surface area is 325 Å². The molecular formula is C45H50IN2O4S-. The lowest BCUT2D eigenvalue weighted by molar-refractivity contribution is -0.117. The summed E-state index contributed by atoms with van der Waals surface area (Å²) in [5.74, 6) is -0.0858. The van der Waals surface area contributed by atoms with Gasteiger partial charge in [-0.1, -0.05) is 137 Å². The number of Topliss-reactive ketones (excluding diaryl/α,β-unsaturated/α-hetero) is 1. The first kappa shape index (κ1) is 38.9. The van der Waals surface area contributed by atoms with Gasteiger partial charge in [0.15, 0.2) is 0 Å². The minimum absolute atomic E-state index is 0.0955. The van der Waals surface area contributed by atoms with E-state index in [0.29, 0.717) is 25.8 Å². The highest BCUT2D eigenvalue weighted by molar-refractivity contribution is 14.2. The van der Waals surface area contributed by atoms with Gasteiger partial charge in [-0.3, -0.25) is 0 Å². The Hall–Kier alpha value is -3.86. The summed E-state index contributed by atoms with van der Waals surface area (Å²) in [4.78, 5) is 14.0. The maximum absolute atomic E-state index is 11.6. The topological polar surface area (TPSA) is 80.8 Å². The number of halogens is 1. The molecule has 4 aromatic rings. The maximum Gasteiger partial charge on any atom is 0.129 e. The SMILES string of the molecule is CC(=O)CCCCN1I=C(/C=C/C=C/C=C/C=C2/N(CCCCS(=O)(=O)[O-])c3c(ccc4ccccc34)C2(C)C)C(C)(C)c2ccc3ccccc3c21. The van der Waals surface area contributed by atoms with Crippen molar-refractivity contribution in [2.24, 2.45) is 0 Å². The van der Waals surface area contributed by atoms with Crippen LogP contribution in [0, 0.1) is 0 Å². The van der Waals surface area contributed by atoms with Gasteiger partial charge in [0.1, 0.15) is 5.78 Å². The number of nitrogens with zero attached hydrogens (tertiary/aromatic N) is 2. The number of carbonyl (C=O) groups excluding carboxylic acids is 1. The number of carbonyl (C=O) groups is 1. The molecule has 0 unspecified atom stereocenters.